The number of nitro groups is 1. The van der Waals surface area contributed by atoms with E-state index in [-0.39, 0.29) is 22.5 Å². The third-order valence-corrected chi connectivity index (χ3v) is 2.50. The van der Waals surface area contributed by atoms with Crippen molar-refractivity contribution in [2.24, 2.45) is 0 Å². The van der Waals surface area contributed by atoms with Crippen molar-refractivity contribution in [1.29, 1.82) is 0 Å². The van der Waals surface area contributed by atoms with Crippen LogP contribution < -0.4 is 11.1 Å². The third-order valence-electron chi connectivity index (χ3n) is 2.17. The summed E-state index contributed by atoms with van der Waals surface area (Å²) in [7, 11) is 0. The van der Waals surface area contributed by atoms with Gasteiger partial charge in [-0.2, -0.15) is 4.98 Å². The van der Waals surface area contributed by atoms with Crippen molar-refractivity contribution < 1.29 is 9.31 Å². The van der Waals surface area contributed by atoms with E-state index in [0.29, 0.717) is 0 Å². The van der Waals surface area contributed by atoms with Gasteiger partial charge in [-0.15, -0.1) is 0 Å². The molecule has 0 bridgehead atoms. The van der Waals surface area contributed by atoms with Crippen LogP contribution in [0, 0.1) is 15.9 Å². The number of nitrogens with two attached hydrogens (primary N) is 1. The predicted molar refractivity (Wildman–Crippen MR) is 67.8 cm³/mol. The monoisotopic (exact) mass is 283 g/mol. The molecule has 9 heteroatoms. The third kappa shape index (κ3) is 2.86. The second-order valence-corrected chi connectivity index (χ2v) is 3.88. The van der Waals surface area contributed by atoms with Gasteiger partial charge < -0.3 is 11.1 Å². The average molecular weight is 284 g/mol. The van der Waals surface area contributed by atoms with Crippen molar-refractivity contribution in [3.63, 3.8) is 0 Å². The smallest absolute Gasteiger partial charge is 0.329 e. The molecule has 98 valence electrons. The molecule has 0 unspecified atom stereocenters. The van der Waals surface area contributed by atoms with Crippen LogP contribution in [0.5, 0.6) is 0 Å². The fraction of sp³-hybridized carbons (Fsp3) is 0. The number of hydrogen-bond donors (Lipinski definition) is 2. The molecule has 2 aromatic rings. The van der Waals surface area contributed by atoms with Gasteiger partial charge in [-0.05, 0) is 18.2 Å². The maximum Gasteiger partial charge on any atom is 0.329 e. The molecular formula is C10H7ClFN5O2. The normalized spacial score (nSPS) is 10.2. The van der Waals surface area contributed by atoms with Crippen LogP contribution in [0.2, 0.25) is 5.02 Å². The van der Waals surface area contributed by atoms with Crippen LogP contribution in [0.25, 0.3) is 0 Å². The van der Waals surface area contributed by atoms with Gasteiger partial charge in [0.25, 0.3) is 0 Å². The predicted octanol–water partition coefficient (Wildman–Crippen LogP) is 2.50. The number of hydrogen-bond acceptors (Lipinski definition) is 6. The Hall–Kier alpha value is -2.48. The molecule has 1 heterocycles. The summed E-state index contributed by atoms with van der Waals surface area (Å²) < 4.78 is 13.1. The van der Waals surface area contributed by atoms with E-state index in [2.05, 4.69) is 15.3 Å². The maximum absolute atomic E-state index is 13.1. The zero-order valence-electron chi connectivity index (χ0n) is 9.30. The number of halogens is 2. The van der Waals surface area contributed by atoms with E-state index in [1.54, 1.807) is 0 Å². The molecule has 0 saturated carbocycles. The fourth-order valence-electron chi connectivity index (χ4n) is 1.34. The van der Waals surface area contributed by atoms with E-state index < -0.39 is 16.4 Å². The van der Waals surface area contributed by atoms with E-state index in [1.807, 2.05) is 0 Å². The van der Waals surface area contributed by atoms with Crippen LogP contribution in [-0.2, 0) is 0 Å². The molecule has 19 heavy (non-hydrogen) atoms. The van der Waals surface area contributed by atoms with Gasteiger partial charge in [0, 0.05) is 0 Å². The van der Waals surface area contributed by atoms with Crippen LogP contribution in [0.4, 0.5) is 27.5 Å². The van der Waals surface area contributed by atoms with E-state index >= 15 is 0 Å². The Morgan fingerprint density at radius 1 is 1.47 bits per heavy atom. The Bertz CT molecular complexity index is 652. The zero-order valence-corrected chi connectivity index (χ0v) is 10.1. The molecule has 0 spiro atoms. The van der Waals surface area contributed by atoms with E-state index in [9.17, 15) is 14.5 Å². The van der Waals surface area contributed by atoms with Crippen LogP contribution >= 0.6 is 11.6 Å². The van der Waals surface area contributed by atoms with E-state index in [4.69, 9.17) is 17.3 Å². The molecule has 0 saturated heterocycles. The first-order chi connectivity index (χ1) is 8.97. The first-order valence-electron chi connectivity index (χ1n) is 4.96. The molecule has 1 aromatic carbocycles. The number of nitrogen functional groups attached to an aromatic ring is 1. The Kier molecular flexibility index (Phi) is 3.43. The standard InChI is InChI=1S/C10H7ClFN5O2/c11-6-2-1-5(12)3-7(6)15-9-8(17(18)19)4-14-10(13)16-9/h1-4H,(H3,13,14,15,16). The van der Waals surface area contributed by atoms with Gasteiger partial charge in [0.2, 0.25) is 11.8 Å². The van der Waals surface area contributed by atoms with Crippen molar-refractivity contribution in [3.8, 4) is 0 Å². The summed E-state index contributed by atoms with van der Waals surface area (Å²) in [5, 5.41) is 13.6. The minimum atomic E-state index is -0.686. The van der Waals surface area contributed by atoms with Crippen molar-refractivity contribution in [2.45, 2.75) is 0 Å². The number of rotatable bonds is 3. The van der Waals surface area contributed by atoms with Gasteiger partial charge in [0.15, 0.2) is 0 Å². The number of nitrogens with one attached hydrogen (secondary N) is 1. The van der Waals surface area contributed by atoms with Gasteiger partial charge in [-0.1, -0.05) is 11.6 Å². The SMILES string of the molecule is Nc1ncc([N+](=O)[O-])c(Nc2cc(F)ccc2Cl)n1. The second kappa shape index (κ2) is 5.02. The van der Waals surface area contributed by atoms with Gasteiger partial charge in [0.1, 0.15) is 12.0 Å². The lowest BCUT2D eigenvalue weighted by Gasteiger charge is -2.08. The Morgan fingerprint density at radius 2 is 2.21 bits per heavy atom. The minimum absolute atomic E-state index is 0.142. The first-order valence-corrected chi connectivity index (χ1v) is 5.34. The first kappa shape index (κ1) is 13.0. The highest BCUT2D eigenvalue weighted by molar-refractivity contribution is 6.33. The molecule has 3 N–H and O–H groups in total. The summed E-state index contributed by atoms with van der Waals surface area (Å²) >= 11 is 5.84. The van der Waals surface area contributed by atoms with Crippen LogP contribution in [0.1, 0.15) is 0 Å². The van der Waals surface area contributed by atoms with Crippen LogP contribution in [-0.4, -0.2) is 14.9 Å². The molecule has 2 rings (SSSR count). The summed E-state index contributed by atoms with van der Waals surface area (Å²) in [6.07, 6.45) is 0.956. The highest BCUT2D eigenvalue weighted by atomic mass is 35.5. The highest BCUT2D eigenvalue weighted by Gasteiger charge is 2.17. The van der Waals surface area contributed by atoms with E-state index in [1.165, 1.54) is 6.07 Å². The molecule has 0 radical (unpaired) electrons. The summed E-state index contributed by atoms with van der Waals surface area (Å²) in [6, 6.07) is 3.57. The molecule has 7 nitrogen and oxygen atoms in total. The van der Waals surface area contributed by atoms with Crippen molar-refractivity contribution in [2.75, 3.05) is 11.1 Å². The lowest BCUT2D eigenvalue weighted by Crippen LogP contribution is -2.04. The zero-order chi connectivity index (χ0) is 14.0. The molecule has 0 aliphatic carbocycles. The molecule has 0 aliphatic heterocycles. The molecule has 1 aromatic heterocycles. The largest absolute Gasteiger partial charge is 0.368 e. The van der Waals surface area contributed by atoms with Gasteiger partial charge in [-0.3, -0.25) is 10.1 Å². The number of nitrogens with zero attached hydrogens (tertiary/aromatic N) is 3. The average Bonchev–Trinajstić information content (AvgIpc) is 2.33. The number of anilines is 3. The maximum atomic E-state index is 13.1. The van der Waals surface area contributed by atoms with Crippen LogP contribution in [0.3, 0.4) is 0 Å². The molecule has 0 fully saturated rings. The molecular weight excluding hydrogens is 277 g/mol. The van der Waals surface area contributed by atoms with Gasteiger partial charge in [-0.25, -0.2) is 9.37 Å². The van der Waals surface area contributed by atoms with Crippen molar-refractivity contribution in [3.05, 3.63) is 45.4 Å². The number of aromatic nitrogens is 2. The Balaban J connectivity index is 2.45. The summed E-state index contributed by atoms with van der Waals surface area (Å²) in [5.74, 6) is -0.859. The summed E-state index contributed by atoms with van der Waals surface area (Å²) in [4.78, 5) is 17.3. The quantitative estimate of drug-likeness (QED) is 0.662. The van der Waals surface area contributed by atoms with Crippen LogP contribution in [0.15, 0.2) is 24.4 Å². The fourth-order valence-corrected chi connectivity index (χ4v) is 1.50. The summed E-state index contributed by atoms with van der Waals surface area (Å²) in [5.41, 5.74) is 5.10. The molecule has 0 amide bonds. The molecule has 0 aliphatic rings. The number of benzene rings is 1. The molecule has 0 atom stereocenters. The van der Waals surface area contributed by atoms with Crippen molar-refractivity contribution >= 4 is 34.7 Å². The highest BCUT2D eigenvalue weighted by Crippen LogP contribution is 2.29. The lowest BCUT2D eigenvalue weighted by atomic mass is 10.3. The van der Waals surface area contributed by atoms with Gasteiger partial charge in [0.05, 0.1) is 15.6 Å². The lowest BCUT2D eigenvalue weighted by molar-refractivity contribution is -0.384. The second-order valence-electron chi connectivity index (χ2n) is 3.47. The summed E-state index contributed by atoms with van der Waals surface area (Å²) in [6.45, 7) is 0. The van der Waals surface area contributed by atoms with E-state index in [0.717, 1.165) is 18.3 Å². The Labute approximate surface area is 111 Å². The van der Waals surface area contributed by atoms with Crippen molar-refractivity contribution in [1.82, 2.24) is 9.97 Å². The topological polar surface area (TPSA) is 107 Å². The van der Waals surface area contributed by atoms with Gasteiger partial charge >= 0.3 is 5.69 Å². The Morgan fingerprint density at radius 3 is 2.89 bits per heavy atom. The minimum Gasteiger partial charge on any atom is -0.368 e.